The lowest BCUT2D eigenvalue weighted by molar-refractivity contribution is -0.138. The smallest absolute Gasteiger partial charge is 0.488 e. The van der Waals surface area contributed by atoms with Crippen molar-refractivity contribution in [3.8, 4) is 5.75 Å². The van der Waals surface area contributed by atoms with Crippen molar-refractivity contribution in [2.45, 2.75) is 13.0 Å². The molecule has 0 aromatic heterocycles. The Morgan fingerprint density at radius 1 is 1.50 bits per heavy atom. The molecule has 7 heteroatoms. The van der Waals surface area contributed by atoms with Gasteiger partial charge < -0.3 is 14.8 Å². The normalized spacial score (nSPS) is 17.7. The summed E-state index contributed by atoms with van der Waals surface area (Å²) in [5.41, 5.74) is -2.01. The Morgan fingerprint density at radius 3 is 2.69 bits per heavy atom. The van der Waals surface area contributed by atoms with Crippen LogP contribution in [0.2, 0.25) is 0 Å². The number of rotatable bonds is 3. The number of hydrogen-bond acceptors (Lipinski definition) is 3. The van der Waals surface area contributed by atoms with Gasteiger partial charge in [0, 0.05) is 4.11 Å². The SMILES string of the molecule is [2H]C([2H])([2H])C([2H])([2H])Oc1ccc(B(O)O)cc1C(F)(F)F. The van der Waals surface area contributed by atoms with Crippen molar-refractivity contribution in [1.29, 1.82) is 0 Å². The molecule has 0 aliphatic rings. The fraction of sp³-hybridized carbons (Fsp3) is 0.333. The lowest BCUT2D eigenvalue weighted by atomic mass is 9.79. The molecular formula is C9H10BF3O3. The fourth-order valence-corrected chi connectivity index (χ4v) is 1.07. The van der Waals surface area contributed by atoms with E-state index in [1.165, 1.54) is 0 Å². The molecule has 2 N–H and O–H groups in total. The maximum atomic E-state index is 12.9. The van der Waals surface area contributed by atoms with Crippen LogP contribution < -0.4 is 10.2 Å². The molecular weight excluding hydrogens is 224 g/mol. The minimum Gasteiger partial charge on any atom is -0.493 e. The maximum absolute atomic E-state index is 12.9. The molecule has 0 fully saturated rings. The van der Waals surface area contributed by atoms with Gasteiger partial charge in [-0.2, -0.15) is 13.2 Å². The summed E-state index contributed by atoms with van der Waals surface area (Å²) in [4.78, 5) is 0. The Morgan fingerprint density at radius 2 is 2.19 bits per heavy atom. The Hall–Kier alpha value is -1.21. The third-order valence-corrected chi connectivity index (χ3v) is 1.77. The summed E-state index contributed by atoms with van der Waals surface area (Å²) in [6, 6.07) is 1.82. The average molecular weight is 239 g/mol. The van der Waals surface area contributed by atoms with Gasteiger partial charge in [-0.1, -0.05) is 6.07 Å². The van der Waals surface area contributed by atoms with Crippen molar-refractivity contribution in [1.82, 2.24) is 0 Å². The first-order valence-corrected chi connectivity index (χ1v) is 4.02. The van der Waals surface area contributed by atoms with E-state index in [2.05, 4.69) is 4.74 Å². The average Bonchev–Trinajstić information content (AvgIpc) is 2.25. The largest absolute Gasteiger partial charge is 0.493 e. The summed E-state index contributed by atoms with van der Waals surface area (Å²) < 4.78 is 77.9. The maximum Gasteiger partial charge on any atom is 0.488 e. The molecule has 0 unspecified atom stereocenters. The predicted octanol–water partition coefficient (Wildman–Crippen LogP) is 0.784. The van der Waals surface area contributed by atoms with Gasteiger partial charge >= 0.3 is 13.3 Å². The van der Waals surface area contributed by atoms with Gasteiger partial charge in [-0.3, -0.25) is 0 Å². The van der Waals surface area contributed by atoms with E-state index < -0.39 is 43.5 Å². The van der Waals surface area contributed by atoms with Crippen LogP contribution in [0, 0.1) is 0 Å². The van der Waals surface area contributed by atoms with E-state index in [1.807, 2.05) is 0 Å². The van der Waals surface area contributed by atoms with E-state index in [-0.39, 0.29) is 0 Å². The van der Waals surface area contributed by atoms with Crippen LogP contribution in [0.5, 0.6) is 5.75 Å². The highest BCUT2D eigenvalue weighted by Gasteiger charge is 2.35. The van der Waals surface area contributed by atoms with Gasteiger partial charge in [0.05, 0.1) is 14.9 Å². The molecule has 0 saturated carbocycles. The molecule has 1 aromatic carbocycles. The zero-order chi connectivity index (χ0) is 16.6. The van der Waals surface area contributed by atoms with Gasteiger partial charge in [-0.15, -0.1) is 0 Å². The third kappa shape index (κ3) is 2.90. The number of alkyl halides is 3. The second-order valence-electron chi connectivity index (χ2n) is 2.83. The Kier molecular flexibility index (Phi) is 2.14. The highest BCUT2D eigenvalue weighted by Crippen LogP contribution is 2.35. The van der Waals surface area contributed by atoms with Crippen LogP contribution in [0.3, 0.4) is 0 Å². The number of hydrogen-bond donors (Lipinski definition) is 2. The quantitative estimate of drug-likeness (QED) is 0.766. The van der Waals surface area contributed by atoms with Crippen LogP contribution in [0.4, 0.5) is 13.2 Å². The fourth-order valence-electron chi connectivity index (χ4n) is 1.07. The van der Waals surface area contributed by atoms with Crippen LogP contribution in [-0.2, 0) is 6.18 Å². The van der Waals surface area contributed by atoms with Crippen LogP contribution >= 0.6 is 0 Å². The first-order chi connectivity index (χ1) is 9.25. The first-order valence-electron chi connectivity index (χ1n) is 6.52. The van der Waals surface area contributed by atoms with Gasteiger partial charge in [-0.25, -0.2) is 0 Å². The zero-order valence-corrected chi connectivity index (χ0v) is 7.75. The summed E-state index contributed by atoms with van der Waals surface area (Å²) in [6.07, 6.45) is -4.99. The van der Waals surface area contributed by atoms with Crippen LogP contribution in [0.25, 0.3) is 0 Å². The second kappa shape index (κ2) is 4.75. The van der Waals surface area contributed by atoms with Crippen molar-refractivity contribution in [3.05, 3.63) is 23.8 Å². The van der Waals surface area contributed by atoms with Gasteiger partial charge in [-0.05, 0) is 24.4 Å². The van der Waals surface area contributed by atoms with Crippen LogP contribution in [-0.4, -0.2) is 23.7 Å². The number of halogens is 3. The molecule has 0 heterocycles. The lowest BCUT2D eigenvalue weighted by Crippen LogP contribution is -2.31. The third-order valence-electron chi connectivity index (χ3n) is 1.77. The van der Waals surface area contributed by atoms with Crippen LogP contribution in [0.15, 0.2) is 18.2 Å². The zero-order valence-electron chi connectivity index (χ0n) is 12.7. The molecule has 0 radical (unpaired) electrons. The topological polar surface area (TPSA) is 49.7 Å². The highest BCUT2D eigenvalue weighted by atomic mass is 19.4. The molecule has 1 rings (SSSR count). The van der Waals surface area contributed by atoms with Crippen molar-refractivity contribution >= 4 is 12.6 Å². The van der Waals surface area contributed by atoms with E-state index in [1.54, 1.807) is 0 Å². The minimum atomic E-state index is -4.99. The Bertz CT molecular complexity index is 518. The van der Waals surface area contributed by atoms with Gasteiger partial charge in [0.15, 0.2) is 0 Å². The van der Waals surface area contributed by atoms with E-state index in [0.29, 0.717) is 12.1 Å². The van der Waals surface area contributed by atoms with E-state index in [9.17, 15) is 13.2 Å². The molecule has 0 aliphatic carbocycles. The lowest BCUT2D eigenvalue weighted by Gasteiger charge is -2.14. The standard InChI is InChI=1S/C9H10BF3O3/c1-2-16-8-4-3-6(10(14)15)5-7(8)9(11,12)13/h3-5,14-15H,2H2,1H3/i1D3,2D2. The molecule has 0 spiro atoms. The summed E-state index contributed by atoms with van der Waals surface area (Å²) >= 11 is 0. The van der Waals surface area contributed by atoms with Crippen LogP contribution in [0.1, 0.15) is 19.3 Å². The highest BCUT2D eigenvalue weighted by molar-refractivity contribution is 6.58. The van der Waals surface area contributed by atoms with Gasteiger partial charge in [0.2, 0.25) is 0 Å². The summed E-state index contributed by atoms with van der Waals surface area (Å²) in [6.45, 7) is -6.64. The molecule has 0 atom stereocenters. The molecule has 1 aromatic rings. The Balaban J connectivity index is 3.31. The van der Waals surface area contributed by atoms with Crippen molar-refractivity contribution in [2.24, 2.45) is 0 Å². The summed E-state index contributed by atoms with van der Waals surface area (Å²) in [5.74, 6) is -1.06. The first kappa shape index (κ1) is 7.19. The van der Waals surface area contributed by atoms with E-state index in [0.717, 1.165) is 6.07 Å². The minimum absolute atomic E-state index is 0.343. The molecule has 0 saturated heterocycles. The number of ether oxygens (including phenoxy) is 1. The molecule has 88 valence electrons. The summed E-state index contributed by atoms with van der Waals surface area (Å²) in [5, 5.41) is 17.7. The van der Waals surface area contributed by atoms with Crippen molar-refractivity contribution in [3.63, 3.8) is 0 Å². The molecule has 16 heavy (non-hydrogen) atoms. The molecule has 0 bridgehead atoms. The molecule has 0 amide bonds. The monoisotopic (exact) mass is 239 g/mol. The number of benzene rings is 1. The molecule has 0 aliphatic heterocycles. The second-order valence-corrected chi connectivity index (χ2v) is 2.83. The van der Waals surface area contributed by atoms with Crippen molar-refractivity contribution in [2.75, 3.05) is 6.56 Å². The van der Waals surface area contributed by atoms with Gasteiger partial charge in [0.25, 0.3) is 0 Å². The predicted molar refractivity (Wildman–Crippen MR) is 52.4 cm³/mol. The molecule has 3 nitrogen and oxygen atoms in total. The summed E-state index contributed by atoms with van der Waals surface area (Å²) in [7, 11) is -2.17. The van der Waals surface area contributed by atoms with Crippen molar-refractivity contribution < 1.29 is 34.8 Å². The van der Waals surface area contributed by atoms with E-state index in [4.69, 9.17) is 16.9 Å². The van der Waals surface area contributed by atoms with Gasteiger partial charge in [0.1, 0.15) is 5.75 Å². The van der Waals surface area contributed by atoms with E-state index >= 15 is 0 Å². The Labute approximate surface area is 97.6 Å².